The largest absolute Gasteiger partial charge is 0.314 e. The van der Waals surface area contributed by atoms with Crippen LogP contribution in [0.4, 0.5) is 22.7 Å². The summed E-state index contributed by atoms with van der Waals surface area (Å²) in [6, 6.07) is 43.9. The van der Waals surface area contributed by atoms with Crippen LogP contribution in [0.3, 0.4) is 0 Å². The van der Waals surface area contributed by atoms with Crippen LogP contribution in [0.2, 0.25) is 0 Å². The van der Waals surface area contributed by atoms with Crippen molar-refractivity contribution in [2.24, 2.45) is 5.92 Å². The van der Waals surface area contributed by atoms with Crippen LogP contribution in [0.1, 0.15) is 26.2 Å². The van der Waals surface area contributed by atoms with Gasteiger partial charge in [-0.05, 0) is 90.4 Å². The van der Waals surface area contributed by atoms with Gasteiger partial charge < -0.3 is 9.80 Å². The second-order valence-electron chi connectivity index (χ2n) is 12.1. The highest BCUT2D eigenvalue weighted by Crippen LogP contribution is 2.39. The molecule has 0 fully saturated rings. The van der Waals surface area contributed by atoms with Gasteiger partial charge in [0.2, 0.25) is 0 Å². The van der Waals surface area contributed by atoms with Gasteiger partial charge in [0.05, 0.1) is 5.69 Å². The van der Waals surface area contributed by atoms with E-state index in [4.69, 9.17) is 0 Å². The van der Waals surface area contributed by atoms with Gasteiger partial charge in [-0.25, -0.2) is 0 Å². The van der Waals surface area contributed by atoms with Gasteiger partial charge in [-0.3, -0.25) is 0 Å². The molecule has 5 aromatic rings. The third-order valence-electron chi connectivity index (χ3n) is 8.89. The average Bonchev–Trinajstić information content (AvgIpc) is 3.14. The van der Waals surface area contributed by atoms with Gasteiger partial charge >= 0.3 is 0 Å². The van der Waals surface area contributed by atoms with Crippen molar-refractivity contribution in [2.45, 2.75) is 26.2 Å². The summed E-state index contributed by atoms with van der Waals surface area (Å²) in [5, 5.41) is 2.50. The molecule has 2 nitrogen and oxygen atoms in total. The zero-order valence-corrected chi connectivity index (χ0v) is 26.9. The predicted octanol–water partition coefficient (Wildman–Crippen LogP) is 12.6. The average molecular weight is 609 g/mol. The summed E-state index contributed by atoms with van der Waals surface area (Å²) in [5.41, 5.74) is 9.48. The molecule has 0 radical (unpaired) electrons. The minimum Gasteiger partial charge on any atom is -0.314 e. The van der Waals surface area contributed by atoms with Crippen molar-refractivity contribution in [1.29, 1.82) is 0 Å². The maximum absolute atomic E-state index is 2.40. The third kappa shape index (κ3) is 6.68. The molecule has 0 spiro atoms. The quantitative estimate of drug-likeness (QED) is 0.181. The highest BCUT2D eigenvalue weighted by molar-refractivity contribution is 5.97. The zero-order valence-electron chi connectivity index (χ0n) is 26.9. The Balaban J connectivity index is 1.22. The second kappa shape index (κ2) is 14.2. The molecular formula is C45H40N2. The molecule has 230 valence electrons. The van der Waals surface area contributed by atoms with Crippen LogP contribution in [0.25, 0.3) is 21.9 Å². The van der Waals surface area contributed by atoms with Crippen LogP contribution in [-0.2, 0) is 0 Å². The van der Waals surface area contributed by atoms with Crippen LogP contribution in [-0.4, -0.2) is 0 Å². The molecule has 0 saturated heterocycles. The summed E-state index contributed by atoms with van der Waals surface area (Å²) in [7, 11) is 0. The lowest BCUT2D eigenvalue weighted by molar-refractivity contribution is 0.828. The Bertz CT molecular complexity index is 2000. The molecule has 0 saturated carbocycles. The number of para-hydroxylation sites is 1. The van der Waals surface area contributed by atoms with Gasteiger partial charge in [0.15, 0.2) is 0 Å². The first-order valence-corrected chi connectivity index (χ1v) is 16.7. The predicted molar refractivity (Wildman–Crippen MR) is 202 cm³/mol. The fraction of sp³-hybridized carbons (Fsp3) is 0.111. The normalized spacial score (nSPS) is 19.2. The van der Waals surface area contributed by atoms with Gasteiger partial charge in [-0.2, -0.15) is 0 Å². The van der Waals surface area contributed by atoms with Crippen LogP contribution in [0, 0.1) is 5.92 Å². The molecule has 1 atom stereocenters. The molecule has 47 heavy (non-hydrogen) atoms. The van der Waals surface area contributed by atoms with E-state index in [1.807, 2.05) is 0 Å². The summed E-state index contributed by atoms with van der Waals surface area (Å²) in [6.45, 7) is 2.26. The van der Waals surface area contributed by atoms with Crippen LogP contribution in [0.5, 0.6) is 0 Å². The van der Waals surface area contributed by atoms with E-state index in [2.05, 4.69) is 199 Å². The minimum atomic E-state index is 0.230. The summed E-state index contributed by atoms with van der Waals surface area (Å²) in [6.07, 6.45) is 25.4. The van der Waals surface area contributed by atoms with Gasteiger partial charge in [0.25, 0.3) is 0 Å². The Morgan fingerprint density at radius 2 is 1.21 bits per heavy atom. The lowest BCUT2D eigenvalue weighted by Crippen LogP contribution is -2.20. The van der Waals surface area contributed by atoms with Crippen LogP contribution >= 0.6 is 0 Å². The van der Waals surface area contributed by atoms with Crippen molar-refractivity contribution in [3.8, 4) is 11.1 Å². The molecule has 0 heterocycles. The number of nitrogens with zero attached hydrogens (tertiary/aromatic N) is 2. The van der Waals surface area contributed by atoms with Gasteiger partial charge in [0, 0.05) is 39.8 Å². The number of hydrogen-bond donors (Lipinski definition) is 0. The molecule has 1 unspecified atom stereocenters. The second-order valence-corrected chi connectivity index (χ2v) is 12.1. The molecule has 0 aromatic heterocycles. The van der Waals surface area contributed by atoms with E-state index in [0.29, 0.717) is 0 Å². The first kappa shape index (κ1) is 30.1. The van der Waals surface area contributed by atoms with Crippen LogP contribution < -0.4 is 9.80 Å². The first-order chi connectivity index (χ1) is 23.3. The minimum absolute atomic E-state index is 0.230. The Labute approximate surface area is 279 Å². The Morgan fingerprint density at radius 3 is 1.96 bits per heavy atom. The van der Waals surface area contributed by atoms with Gasteiger partial charge in [-0.1, -0.05) is 134 Å². The van der Waals surface area contributed by atoms with E-state index in [0.717, 1.165) is 36.3 Å². The van der Waals surface area contributed by atoms with Gasteiger partial charge in [-0.15, -0.1) is 0 Å². The molecule has 0 aliphatic heterocycles. The lowest BCUT2D eigenvalue weighted by Gasteiger charge is -2.31. The number of benzene rings is 5. The van der Waals surface area contributed by atoms with E-state index < -0.39 is 0 Å². The molecule has 0 bridgehead atoms. The third-order valence-corrected chi connectivity index (χ3v) is 8.89. The number of allylic oxidation sites excluding steroid dienone is 10. The number of hydrogen-bond acceptors (Lipinski definition) is 2. The van der Waals surface area contributed by atoms with Crippen molar-refractivity contribution in [3.05, 3.63) is 193 Å². The highest BCUT2D eigenvalue weighted by atomic mass is 15.2. The lowest BCUT2D eigenvalue weighted by atomic mass is 10.0. The fourth-order valence-corrected chi connectivity index (χ4v) is 6.47. The summed E-state index contributed by atoms with van der Waals surface area (Å²) in [5.74, 6) is 0.230. The Kier molecular flexibility index (Phi) is 9.10. The fourth-order valence-electron chi connectivity index (χ4n) is 6.47. The summed E-state index contributed by atoms with van der Waals surface area (Å²) < 4.78 is 0. The van der Waals surface area contributed by atoms with E-state index in [1.165, 1.54) is 39.0 Å². The number of fused-ring (bicyclic) bond motifs is 1. The summed E-state index contributed by atoms with van der Waals surface area (Å²) >= 11 is 0. The maximum atomic E-state index is 2.40. The van der Waals surface area contributed by atoms with Crippen molar-refractivity contribution in [1.82, 2.24) is 0 Å². The standard InChI is InChI=1S/C45H40N2/c1-35-17-8-4-2-3-5-13-25-44(35)46(39-20-9-6-10-21-39)41-31-27-36(28-32-41)37-29-33-42(34-30-37)47(40-22-11-7-12-23-40)45-26-16-19-38-18-14-15-24-43(38)45/h2,4-6,8-11,13-35H,3,7,12H2,1H3/b4-2-,13-5-,17-8-,44-25+. The van der Waals surface area contributed by atoms with E-state index >= 15 is 0 Å². The highest BCUT2D eigenvalue weighted by Gasteiger charge is 2.19. The Morgan fingerprint density at radius 1 is 0.553 bits per heavy atom. The molecule has 2 heteroatoms. The SMILES string of the molecule is CC1/C=C\C=C/C/C=C\C=C/1N(c1ccccc1)c1ccc(-c2ccc(N(C3=CCCC=C3)c3cccc4ccccc34)cc2)cc1. The van der Waals surface area contributed by atoms with Crippen molar-refractivity contribution in [2.75, 3.05) is 9.80 Å². The topological polar surface area (TPSA) is 6.48 Å². The number of anilines is 4. The van der Waals surface area contributed by atoms with Crippen molar-refractivity contribution >= 4 is 33.5 Å². The zero-order chi connectivity index (χ0) is 31.8. The smallest absolute Gasteiger partial charge is 0.0539 e. The summed E-state index contributed by atoms with van der Waals surface area (Å²) in [4.78, 5) is 4.78. The number of rotatable bonds is 7. The van der Waals surface area contributed by atoms with Crippen molar-refractivity contribution < 1.29 is 0 Å². The molecule has 0 amide bonds. The molecular weight excluding hydrogens is 569 g/mol. The molecule has 5 aromatic carbocycles. The van der Waals surface area contributed by atoms with E-state index in [-0.39, 0.29) is 5.92 Å². The maximum Gasteiger partial charge on any atom is 0.0539 e. The van der Waals surface area contributed by atoms with Crippen LogP contribution in [0.15, 0.2) is 193 Å². The molecule has 2 aliphatic rings. The molecule has 7 rings (SSSR count). The van der Waals surface area contributed by atoms with Gasteiger partial charge in [0.1, 0.15) is 0 Å². The Hall–Kier alpha value is -5.60. The van der Waals surface area contributed by atoms with Crippen molar-refractivity contribution in [3.63, 3.8) is 0 Å². The van der Waals surface area contributed by atoms with E-state index in [9.17, 15) is 0 Å². The molecule has 0 N–H and O–H groups in total. The first-order valence-electron chi connectivity index (χ1n) is 16.7. The monoisotopic (exact) mass is 608 g/mol. The molecule has 2 aliphatic carbocycles. The van der Waals surface area contributed by atoms with E-state index in [1.54, 1.807) is 0 Å².